The maximum absolute atomic E-state index is 5.66. The fourth-order valence-electron chi connectivity index (χ4n) is 2.35. The van der Waals surface area contributed by atoms with Crippen LogP contribution < -0.4 is 5.73 Å². The van der Waals surface area contributed by atoms with Gasteiger partial charge in [0.2, 0.25) is 0 Å². The molecule has 1 aliphatic carbocycles. The van der Waals surface area contributed by atoms with E-state index in [1.54, 1.807) is 0 Å². The van der Waals surface area contributed by atoms with Crippen molar-refractivity contribution in [3.05, 3.63) is 35.9 Å². The zero-order valence-corrected chi connectivity index (χ0v) is 8.00. The minimum absolute atomic E-state index is 0.440. The third-order valence-corrected chi connectivity index (χ3v) is 3.32. The van der Waals surface area contributed by atoms with Crippen LogP contribution in [-0.2, 0) is 5.41 Å². The van der Waals surface area contributed by atoms with Gasteiger partial charge in [-0.25, -0.2) is 0 Å². The molecule has 0 unspecified atom stereocenters. The topological polar surface area (TPSA) is 26.0 Å². The fraction of sp³-hybridized carbons (Fsp3) is 0.500. The minimum Gasteiger partial charge on any atom is -0.330 e. The molecule has 1 saturated carbocycles. The van der Waals surface area contributed by atoms with Crippen LogP contribution >= 0.6 is 0 Å². The summed E-state index contributed by atoms with van der Waals surface area (Å²) in [4.78, 5) is 0. The lowest BCUT2D eigenvalue weighted by atomic mass is 9.62. The molecule has 0 atom stereocenters. The predicted octanol–water partition coefficient (Wildman–Crippen LogP) is 2.46. The molecule has 13 heavy (non-hydrogen) atoms. The van der Waals surface area contributed by atoms with Gasteiger partial charge in [-0.1, -0.05) is 36.8 Å². The first-order chi connectivity index (χ1) is 6.37. The van der Waals surface area contributed by atoms with E-state index in [1.165, 1.54) is 24.8 Å². The van der Waals surface area contributed by atoms with E-state index in [0.29, 0.717) is 5.41 Å². The molecular formula is C12H17N. The zero-order chi connectivity index (χ0) is 9.15. The first-order valence-electron chi connectivity index (χ1n) is 5.13. The number of nitrogens with two attached hydrogens (primary N) is 1. The molecule has 0 aliphatic heterocycles. The summed E-state index contributed by atoms with van der Waals surface area (Å²) < 4.78 is 0. The predicted molar refractivity (Wildman–Crippen MR) is 55.6 cm³/mol. The third-order valence-electron chi connectivity index (χ3n) is 3.32. The average molecular weight is 175 g/mol. The Kier molecular flexibility index (Phi) is 2.36. The molecule has 1 aliphatic rings. The van der Waals surface area contributed by atoms with Crippen LogP contribution in [-0.4, -0.2) is 6.54 Å². The number of hydrogen-bond acceptors (Lipinski definition) is 1. The van der Waals surface area contributed by atoms with Crippen LogP contribution in [0, 0.1) is 0 Å². The highest BCUT2D eigenvalue weighted by atomic mass is 14.6. The highest BCUT2D eigenvalue weighted by Crippen LogP contribution is 2.45. The summed E-state index contributed by atoms with van der Waals surface area (Å²) in [5, 5.41) is 0. The van der Waals surface area contributed by atoms with Gasteiger partial charge in [0.1, 0.15) is 0 Å². The normalized spacial score (nSPS) is 19.5. The van der Waals surface area contributed by atoms with Crippen LogP contribution in [0.2, 0.25) is 0 Å². The summed E-state index contributed by atoms with van der Waals surface area (Å²) in [5.41, 5.74) is 7.59. The molecule has 0 spiro atoms. The van der Waals surface area contributed by atoms with E-state index >= 15 is 0 Å². The molecule has 1 aromatic rings. The fourth-order valence-corrected chi connectivity index (χ4v) is 2.35. The van der Waals surface area contributed by atoms with Crippen molar-refractivity contribution in [3.8, 4) is 0 Å². The van der Waals surface area contributed by atoms with Crippen LogP contribution in [0.4, 0.5) is 0 Å². The Hall–Kier alpha value is -0.820. The lowest BCUT2D eigenvalue weighted by molar-refractivity contribution is 0.229. The molecule has 1 fully saturated rings. The van der Waals surface area contributed by atoms with Gasteiger partial charge in [-0.2, -0.15) is 0 Å². The molecule has 0 bridgehead atoms. The van der Waals surface area contributed by atoms with E-state index in [9.17, 15) is 0 Å². The van der Waals surface area contributed by atoms with Crippen LogP contribution in [0.5, 0.6) is 0 Å². The smallest absolute Gasteiger partial charge is 0.00350 e. The van der Waals surface area contributed by atoms with Crippen molar-refractivity contribution in [2.75, 3.05) is 6.54 Å². The average Bonchev–Trinajstić information content (AvgIpc) is 2.13. The van der Waals surface area contributed by atoms with Crippen molar-refractivity contribution in [1.29, 1.82) is 0 Å². The molecule has 0 amide bonds. The quantitative estimate of drug-likeness (QED) is 0.750. The van der Waals surface area contributed by atoms with Gasteiger partial charge in [0.25, 0.3) is 0 Å². The summed E-state index contributed by atoms with van der Waals surface area (Å²) in [6, 6.07) is 10.8. The Morgan fingerprint density at radius 1 is 1.15 bits per heavy atom. The first-order valence-corrected chi connectivity index (χ1v) is 5.13. The van der Waals surface area contributed by atoms with E-state index in [0.717, 1.165) is 13.0 Å². The monoisotopic (exact) mass is 175 g/mol. The highest BCUT2D eigenvalue weighted by Gasteiger charge is 2.37. The standard InChI is InChI=1S/C12H17N/c13-10-9-12(7-4-8-12)11-5-2-1-3-6-11/h1-3,5-6H,4,7-10,13H2. The summed E-state index contributed by atoms with van der Waals surface area (Å²) in [7, 11) is 0. The minimum atomic E-state index is 0.440. The van der Waals surface area contributed by atoms with Crippen molar-refractivity contribution in [1.82, 2.24) is 0 Å². The lowest BCUT2D eigenvalue weighted by Gasteiger charge is -2.42. The molecule has 2 rings (SSSR count). The Morgan fingerprint density at radius 2 is 1.85 bits per heavy atom. The van der Waals surface area contributed by atoms with Crippen LogP contribution in [0.3, 0.4) is 0 Å². The van der Waals surface area contributed by atoms with Gasteiger partial charge in [-0.05, 0) is 36.8 Å². The van der Waals surface area contributed by atoms with Gasteiger partial charge in [-0.15, -0.1) is 0 Å². The molecule has 70 valence electrons. The van der Waals surface area contributed by atoms with E-state index in [-0.39, 0.29) is 0 Å². The van der Waals surface area contributed by atoms with Crippen molar-refractivity contribution in [3.63, 3.8) is 0 Å². The van der Waals surface area contributed by atoms with Gasteiger partial charge in [0, 0.05) is 0 Å². The SMILES string of the molecule is NCCC1(c2ccccc2)CCC1. The van der Waals surface area contributed by atoms with E-state index in [2.05, 4.69) is 30.3 Å². The maximum Gasteiger partial charge on any atom is -0.00350 e. The molecule has 2 N–H and O–H groups in total. The molecule has 0 aromatic heterocycles. The molecule has 0 radical (unpaired) electrons. The summed E-state index contributed by atoms with van der Waals surface area (Å²) in [6.45, 7) is 0.814. The van der Waals surface area contributed by atoms with E-state index in [4.69, 9.17) is 5.73 Å². The second-order valence-electron chi connectivity index (χ2n) is 4.04. The van der Waals surface area contributed by atoms with Crippen molar-refractivity contribution in [2.45, 2.75) is 31.1 Å². The summed E-state index contributed by atoms with van der Waals surface area (Å²) >= 11 is 0. The molecule has 0 heterocycles. The van der Waals surface area contributed by atoms with Crippen LogP contribution in [0.25, 0.3) is 0 Å². The third kappa shape index (κ3) is 1.49. The summed E-state index contributed by atoms with van der Waals surface area (Å²) in [6.07, 6.45) is 5.17. The Morgan fingerprint density at radius 3 is 2.31 bits per heavy atom. The summed E-state index contributed by atoms with van der Waals surface area (Å²) in [5.74, 6) is 0. The van der Waals surface area contributed by atoms with Crippen molar-refractivity contribution in [2.24, 2.45) is 5.73 Å². The van der Waals surface area contributed by atoms with Gasteiger partial charge < -0.3 is 5.73 Å². The van der Waals surface area contributed by atoms with Crippen molar-refractivity contribution < 1.29 is 0 Å². The Balaban J connectivity index is 2.22. The van der Waals surface area contributed by atoms with E-state index < -0.39 is 0 Å². The Labute approximate surface area is 80.0 Å². The van der Waals surface area contributed by atoms with E-state index in [1.807, 2.05) is 0 Å². The van der Waals surface area contributed by atoms with Gasteiger partial charge in [0.05, 0.1) is 0 Å². The second kappa shape index (κ2) is 3.51. The highest BCUT2D eigenvalue weighted by molar-refractivity contribution is 5.27. The number of benzene rings is 1. The van der Waals surface area contributed by atoms with Crippen LogP contribution in [0.15, 0.2) is 30.3 Å². The van der Waals surface area contributed by atoms with Crippen LogP contribution in [0.1, 0.15) is 31.2 Å². The van der Waals surface area contributed by atoms with Gasteiger partial charge >= 0.3 is 0 Å². The first kappa shape index (κ1) is 8.76. The van der Waals surface area contributed by atoms with Crippen molar-refractivity contribution >= 4 is 0 Å². The zero-order valence-electron chi connectivity index (χ0n) is 8.00. The molecule has 0 saturated heterocycles. The Bertz CT molecular complexity index is 262. The largest absolute Gasteiger partial charge is 0.330 e. The molecule has 1 nitrogen and oxygen atoms in total. The number of hydrogen-bond donors (Lipinski definition) is 1. The van der Waals surface area contributed by atoms with Gasteiger partial charge in [-0.3, -0.25) is 0 Å². The maximum atomic E-state index is 5.66. The molecule has 1 heteroatoms. The van der Waals surface area contributed by atoms with Gasteiger partial charge in [0.15, 0.2) is 0 Å². The lowest BCUT2D eigenvalue weighted by Crippen LogP contribution is -2.36. The molecular weight excluding hydrogens is 158 g/mol. The number of rotatable bonds is 3. The second-order valence-corrected chi connectivity index (χ2v) is 4.04. The molecule has 1 aromatic carbocycles.